The van der Waals surface area contributed by atoms with Gasteiger partial charge in [0.2, 0.25) is 5.91 Å². The van der Waals surface area contributed by atoms with Crippen molar-refractivity contribution >= 4 is 5.91 Å². The molecule has 0 saturated carbocycles. The lowest BCUT2D eigenvalue weighted by Crippen LogP contribution is -2.27. The number of amides is 1. The van der Waals surface area contributed by atoms with E-state index >= 15 is 0 Å². The summed E-state index contributed by atoms with van der Waals surface area (Å²) in [6, 6.07) is 0. The number of rotatable bonds is 3. The Morgan fingerprint density at radius 1 is 1.50 bits per heavy atom. The van der Waals surface area contributed by atoms with Gasteiger partial charge in [0.05, 0.1) is 0 Å². The predicted octanol–water partition coefficient (Wildman–Crippen LogP) is 0.984. The van der Waals surface area contributed by atoms with Crippen LogP contribution in [0, 0.1) is 0 Å². The topological polar surface area (TPSA) is 46.3 Å². The Labute approximate surface area is 74.9 Å². The molecule has 0 aromatic carbocycles. The first kappa shape index (κ1) is 11.4. The maximum Gasteiger partial charge on any atom is 0.222 e. The van der Waals surface area contributed by atoms with Gasteiger partial charge < -0.3 is 10.6 Å². The van der Waals surface area contributed by atoms with Gasteiger partial charge in [0.15, 0.2) is 0 Å². The predicted molar refractivity (Wildman–Crippen MR) is 50.8 cm³/mol. The zero-order chi connectivity index (χ0) is 9.40. The van der Waals surface area contributed by atoms with Crippen molar-refractivity contribution in [3.8, 4) is 0 Å². The van der Waals surface area contributed by atoms with E-state index in [1.165, 1.54) is 0 Å². The van der Waals surface area contributed by atoms with E-state index < -0.39 is 0 Å². The molecular formula is C9H20N2O. The molecular weight excluding hydrogens is 152 g/mol. The van der Waals surface area contributed by atoms with Gasteiger partial charge >= 0.3 is 0 Å². The lowest BCUT2D eigenvalue weighted by atomic mass is 10.4. The number of nitrogens with two attached hydrogens (primary N) is 1. The molecule has 1 aliphatic heterocycles. The summed E-state index contributed by atoms with van der Waals surface area (Å²) in [7, 11) is 0. The fourth-order valence-electron chi connectivity index (χ4n) is 1.22. The third-order valence-electron chi connectivity index (χ3n) is 1.80. The fraction of sp³-hybridized carbons (Fsp3) is 0.889. The Morgan fingerprint density at radius 2 is 2.17 bits per heavy atom. The second-order valence-corrected chi connectivity index (χ2v) is 2.63. The van der Waals surface area contributed by atoms with Gasteiger partial charge in [-0.3, -0.25) is 4.79 Å². The highest BCUT2D eigenvalue weighted by Gasteiger charge is 2.18. The minimum Gasteiger partial charge on any atom is -0.343 e. The van der Waals surface area contributed by atoms with Crippen LogP contribution in [0.5, 0.6) is 0 Å². The van der Waals surface area contributed by atoms with Gasteiger partial charge in [-0.25, -0.2) is 0 Å². The van der Waals surface area contributed by atoms with E-state index in [9.17, 15) is 4.79 Å². The van der Waals surface area contributed by atoms with E-state index in [1.54, 1.807) is 0 Å². The van der Waals surface area contributed by atoms with Crippen molar-refractivity contribution in [1.82, 2.24) is 4.90 Å². The van der Waals surface area contributed by atoms with Gasteiger partial charge in [-0.05, 0) is 19.4 Å². The molecule has 3 nitrogen and oxygen atoms in total. The molecule has 0 aromatic rings. The zero-order valence-corrected chi connectivity index (χ0v) is 8.18. The Kier molecular flexibility index (Phi) is 6.76. The summed E-state index contributed by atoms with van der Waals surface area (Å²) in [5.41, 5.74) is 5.31. The van der Waals surface area contributed by atoms with Crippen LogP contribution < -0.4 is 5.73 Å². The van der Waals surface area contributed by atoms with Gasteiger partial charge in [-0.15, -0.1) is 0 Å². The zero-order valence-electron chi connectivity index (χ0n) is 8.18. The summed E-state index contributed by atoms with van der Waals surface area (Å²) in [6.45, 7) is 6.48. The molecule has 0 unspecified atom stereocenters. The van der Waals surface area contributed by atoms with E-state index in [0.29, 0.717) is 12.5 Å². The van der Waals surface area contributed by atoms with Crippen LogP contribution >= 0.6 is 0 Å². The quantitative estimate of drug-likeness (QED) is 0.690. The summed E-state index contributed by atoms with van der Waals surface area (Å²) < 4.78 is 0. The summed E-state index contributed by atoms with van der Waals surface area (Å²) in [6.07, 6.45) is 2.71. The number of nitrogens with zero attached hydrogens (tertiary/aromatic N) is 1. The molecule has 0 aliphatic carbocycles. The first-order valence-corrected chi connectivity index (χ1v) is 4.82. The third kappa shape index (κ3) is 3.72. The molecule has 12 heavy (non-hydrogen) atoms. The normalized spacial score (nSPS) is 15.9. The lowest BCUT2D eigenvalue weighted by molar-refractivity contribution is -0.127. The first-order chi connectivity index (χ1) is 5.84. The highest BCUT2D eigenvalue weighted by atomic mass is 16.2. The maximum atomic E-state index is 11.0. The Bertz CT molecular complexity index is 126. The number of likely N-dealkylation sites (tertiary alicyclic amines) is 1. The average molecular weight is 172 g/mol. The number of carbonyl (C=O) groups excluding carboxylic acids is 1. The molecule has 0 spiro atoms. The number of hydrogen-bond donors (Lipinski definition) is 1. The van der Waals surface area contributed by atoms with Gasteiger partial charge in [0.1, 0.15) is 0 Å². The summed E-state index contributed by atoms with van der Waals surface area (Å²) in [5, 5.41) is 0. The van der Waals surface area contributed by atoms with E-state index in [0.717, 1.165) is 32.4 Å². The van der Waals surface area contributed by atoms with Crippen molar-refractivity contribution in [2.45, 2.75) is 33.1 Å². The van der Waals surface area contributed by atoms with Gasteiger partial charge in [0.25, 0.3) is 0 Å². The van der Waals surface area contributed by atoms with Crippen molar-refractivity contribution in [2.75, 3.05) is 19.6 Å². The second kappa shape index (κ2) is 7.10. The molecule has 1 heterocycles. The number of hydrogen-bond acceptors (Lipinski definition) is 2. The Morgan fingerprint density at radius 3 is 2.58 bits per heavy atom. The van der Waals surface area contributed by atoms with E-state index in [2.05, 4.69) is 0 Å². The van der Waals surface area contributed by atoms with Crippen molar-refractivity contribution in [3.63, 3.8) is 0 Å². The summed E-state index contributed by atoms with van der Waals surface area (Å²) in [4.78, 5) is 12.9. The fourth-order valence-corrected chi connectivity index (χ4v) is 1.22. The molecule has 2 N–H and O–H groups in total. The van der Waals surface area contributed by atoms with Crippen LogP contribution in [0.15, 0.2) is 0 Å². The van der Waals surface area contributed by atoms with Crippen LogP contribution in [-0.2, 0) is 4.79 Å². The second-order valence-electron chi connectivity index (χ2n) is 2.63. The minimum absolute atomic E-state index is 0.299. The largest absolute Gasteiger partial charge is 0.343 e. The Balaban J connectivity index is 0.000000561. The van der Waals surface area contributed by atoms with Crippen LogP contribution in [0.2, 0.25) is 0 Å². The van der Waals surface area contributed by atoms with Gasteiger partial charge in [0, 0.05) is 19.5 Å². The maximum absolute atomic E-state index is 11.0. The standard InChI is InChI=1S/C7H14N2O.C2H6/c8-4-2-6-9-5-1-3-7(9)10;1-2/h1-6,8H2;1-2H3. The number of carbonyl (C=O) groups is 1. The van der Waals surface area contributed by atoms with Crippen LogP contribution in [0.4, 0.5) is 0 Å². The van der Waals surface area contributed by atoms with Crippen molar-refractivity contribution in [2.24, 2.45) is 5.73 Å². The first-order valence-electron chi connectivity index (χ1n) is 4.82. The SMILES string of the molecule is CC.NCCCN1CCCC1=O. The molecule has 1 aliphatic rings. The molecule has 0 aromatic heterocycles. The van der Waals surface area contributed by atoms with Gasteiger partial charge in [-0.1, -0.05) is 13.8 Å². The van der Waals surface area contributed by atoms with E-state index in [4.69, 9.17) is 5.73 Å². The van der Waals surface area contributed by atoms with Gasteiger partial charge in [-0.2, -0.15) is 0 Å². The van der Waals surface area contributed by atoms with E-state index in [1.807, 2.05) is 18.7 Å². The summed E-state index contributed by atoms with van der Waals surface area (Å²) >= 11 is 0. The van der Waals surface area contributed by atoms with Crippen LogP contribution in [0.25, 0.3) is 0 Å². The minimum atomic E-state index is 0.299. The molecule has 0 bridgehead atoms. The third-order valence-corrected chi connectivity index (χ3v) is 1.80. The summed E-state index contributed by atoms with van der Waals surface area (Å²) in [5.74, 6) is 0.299. The molecule has 1 saturated heterocycles. The van der Waals surface area contributed by atoms with E-state index in [-0.39, 0.29) is 0 Å². The Hall–Kier alpha value is -0.570. The molecule has 0 atom stereocenters. The monoisotopic (exact) mass is 172 g/mol. The highest BCUT2D eigenvalue weighted by molar-refractivity contribution is 5.77. The van der Waals surface area contributed by atoms with Crippen LogP contribution in [0.3, 0.4) is 0 Å². The van der Waals surface area contributed by atoms with Crippen molar-refractivity contribution in [3.05, 3.63) is 0 Å². The highest BCUT2D eigenvalue weighted by Crippen LogP contribution is 2.08. The average Bonchev–Trinajstić information content (AvgIpc) is 2.51. The van der Waals surface area contributed by atoms with Crippen molar-refractivity contribution < 1.29 is 4.79 Å². The lowest BCUT2D eigenvalue weighted by Gasteiger charge is -2.13. The molecule has 1 rings (SSSR count). The molecule has 0 radical (unpaired) electrons. The van der Waals surface area contributed by atoms with Crippen molar-refractivity contribution in [1.29, 1.82) is 0 Å². The van der Waals surface area contributed by atoms with Crippen LogP contribution in [-0.4, -0.2) is 30.4 Å². The smallest absolute Gasteiger partial charge is 0.222 e. The van der Waals surface area contributed by atoms with Crippen LogP contribution in [0.1, 0.15) is 33.1 Å². The molecule has 1 amide bonds. The molecule has 72 valence electrons. The molecule has 1 fully saturated rings. The molecule has 3 heteroatoms.